The minimum Gasteiger partial charge on any atom is -0.365 e. The minimum absolute atomic E-state index is 0.439. The molecule has 5 heteroatoms. The van der Waals surface area contributed by atoms with Gasteiger partial charge in [0.2, 0.25) is 0 Å². The maximum atomic E-state index is 11.3. The van der Waals surface area contributed by atoms with Gasteiger partial charge in [0.15, 0.2) is 0 Å². The summed E-state index contributed by atoms with van der Waals surface area (Å²) >= 11 is 1.61. The first-order valence-electron chi connectivity index (χ1n) is 5.06. The van der Waals surface area contributed by atoms with Crippen LogP contribution >= 0.6 is 11.3 Å². The molecule has 4 nitrogen and oxygen atoms in total. The fourth-order valence-electron chi connectivity index (χ4n) is 1.75. The van der Waals surface area contributed by atoms with Gasteiger partial charge in [-0.05, 0) is 23.6 Å². The van der Waals surface area contributed by atoms with Crippen LogP contribution < -0.4 is 5.73 Å². The highest BCUT2D eigenvalue weighted by atomic mass is 32.1. The summed E-state index contributed by atoms with van der Waals surface area (Å²) < 4.78 is 1.81. The maximum absolute atomic E-state index is 11.3. The molecule has 0 saturated heterocycles. The molecule has 0 aromatic carbocycles. The molecule has 3 aromatic rings. The van der Waals surface area contributed by atoms with Crippen molar-refractivity contribution < 1.29 is 4.79 Å². The number of hydrogen-bond acceptors (Lipinski definition) is 3. The van der Waals surface area contributed by atoms with Crippen LogP contribution in [0.2, 0.25) is 0 Å². The van der Waals surface area contributed by atoms with E-state index in [-0.39, 0.29) is 0 Å². The van der Waals surface area contributed by atoms with Gasteiger partial charge in [0.25, 0.3) is 5.91 Å². The Morgan fingerprint density at radius 3 is 3.00 bits per heavy atom. The number of nitrogens with two attached hydrogens (primary N) is 1. The van der Waals surface area contributed by atoms with Crippen LogP contribution in [-0.2, 0) is 0 Å². The average molecular weight is 243 g/mol. The summed E-state index contributed by atoms with van der Waals surface area (Å²) in [5.41, 5.74) is 8.25. The van der Waals surface area contributed by atoms with Crippen molar-refractivity contribution in [1.82, 2.24) is 9.38 Å². The number of amides is 1. The van der Waals surface area contributed by atoms with E-state index in [0.29, 0.717) is 11.2 Å². The molecule has 0 unspecified atom stereocenters. The highest BCUT2D eigenvalue weighted by Gasteiger charge is 2.11. The molecule has 0 aliphatic rings. The largest absolute Gasteiger partial charge is 0.365 e. The van der Waals surface area contributed by atoms with Crippen LogP contribution in [-0.4, -0.2) is 15.3 Å². The summed E-state index contributed by atoms with van der Waals surface area (Å²) in [5.74, 6) is -0.460. The molecule has 3 rings (SSSR count). The number of pyridine rings is 1. The summed E-state index contributed by atoms with van der Waals surface area (Å²) in [4.78, 5) is 15.7. The van der Waals surface area contributed by atoms with Crippen LogP contribution in [0.5, 0.6) is 0 Å². The molecule has 0 bridgehead atoms. The molecular weight excluding hydrogens is 234 g/mol. The van der Waals surface area contributed by atoms with Crippen LogP contribution in [0.3, 0.4) is 0 Å². The first-order valence-corrected chi connectivity index (χ1v) is 6.00. The molecule has 0 spiro atoms. The van der Waals surface area contributed by atoms with E-state index in [4.69, 9.17) is 5.73 Å². The van der Waals surface area contributed by atoms with Gasteiger partial charge in [0, 0.05) is 23.3 Å². The predicted molar refractivity (Wildman–Crippen MR) is 67.0 cm³/mol. The summed E-state index contributed by atoms with van der Waals surface area (Å²) in [6, 6.07) is 5.46. The number of thiophene rings is 1. The molecule has 0 radical (unpaired) electrons. The molecule has 84 valence electrons. The Bertz CT molecular complexity index is 685. The second kappa shape index (κ2) is 3.71. The van der Waals surface area contributed by atoms with Crippen LogP contribution in [0.15, 0.2) is 41.4 Å². The van der Waals surface area contributed by atoms with Crippen LogP contribution in [0.1, 0.15) is 10.4 Å². The Balaban J connectivity index is 2.26. The quantitative estimate of drug-likeness (QED) is 0.749. The molecule has 0 fully saturated rings. The van der Waals surface area contributed by atoms with Crippen molar-refractivity contribution in [3.05, 3.63) is 46.9 Å². The van der Waals surface area contributed by atoms with Crippen LogP contribution in [0, 0.1) is 0 Å². The van der Waals surface area contributed by atoms with Gasteiger partial charge in [-0.2, -0.15) is 11.3 Å². The summed E-state index contributed by atoms with van der Waals surface area (Å²) in [7, 11) is 0. The lowest BCUT2D eigenvalue weighted by molar-refractivity contribution is 0.100. The van der Waals surface area contributed by atoms with Crippen molar-refractivity contribution in [2.24, 2.45) is 5.73 Å². The number of hydrogen-bond donors (Lipinski definition) is 1. The Morgan fingerprint density at radius 2 is 2.29 bits per heavy atom. The fraction of sp³-hybridized carbons (Fsp3) is 0. The van der Waals surface area contributed by atoms with Gasteiger partial charge in [-0.25, -0.2) is 4.98 Å². The summed E-state index contributed by atoms with van der Waals surface area (Å²) in [5, 5.41) is 4.01. The average Bonchev–Trinajstić information content (AvgIpc) is 2.96. The lowest BCUT2D eigenvalue weighted by Gasteiger charge is -1.97. The van der Waals surface area contributed by atoms with E-state index in [0.717, 1.165) is 11.3 Å². The third kappa shape index (κ3) is 1.60. The van der Waals surface area contributed by atoms with Gasteiger partial charge >= 0.3 is 0 Å². The molecule has 0 aliphatic heterocycles. The fourth-order valence-corrected chi connectivity index (χ4v) is 2.40. The predicted octanol–water partition coefficient (Wildman–Crippen LogP) is 2.16. The molecule has 0 atom stereocenters. The number of carbonyl (C=O) groups is 1. The number of rotatable bonds is 2. The number of primary amides is 1. The zero-order chi connectivity index (χ0) is 11.8. The first-order chi connectivity index (χ1) is 8.25. The van der Waals surface area contributed by atoms with Gasteiger partial charge < -0.3 is 10.1 Å². The Kier molecular flexibility index (Phi) is 2.19. The SMILES string of the molecule is NC(=O)c1cccn2cc(-c3ccsc3)nc12. The van der Waals surface area contributed by atoms with E-state index in [9.17, 15) is 4.79 Å². The molecular formula is C12H9N3OS. The van der Waals surface area contributed by atoms with Crippen molar-refractivity contribution in [3.8, 4) is 11.3 Å². The number of aromatic nitrogens is 2. The highest BCUT2D eigenvalue weighted by molar-refractivity contribution is 7.08. The Morgan fingerprint density at radius 1 is 1.41 bits per heavy atom. The Hall–Kier alpha value is -2.14. The molecule has 1 amide bonds. The van der Waals surface area contributed by atoms with Crippen LogP contribution in [0.25, 0.3) is 16.9 Å². The summed E-state index contributed by atoms with van der Waals surface area (Å²) in [6.07, 6.45) is 3.74. The van der Waals surface area contributed by atoms with E-state index in [1.807, 2.05) is 33.6 Å². The summed E-state index contributed by atoms with van der Waals surface area (Å²) in [6.45, 7) is 0. The number of nitrogens with zero attached hydrogens (tertiary/aromatic N) is 2. The number of imidazole rings is 1. The van der Waals surface area contributed by atoms with Gasteiger partial charge in [0.1, 0.15) is 5.65 Å². The molecule has 3 aromatic heterocycles. The zero-order valence-electron chi connectivity index (χ0n) is 8.83. The monoisotopic (exact) mass is 243 g/mol. The molecule has 0 aliphatic carbocycles. The zero-order valence-corrected chi connectivity index (χ0v) is 9.65. The van der Waals surface area contributed by atoms with Crippen molar-refractivity contribution in [2.75, 3.05) is 0 Å². The molecule has 2 N–H and O–H groups in total. The smallest absolute Gasteiger partial charge is 0.252 e. The van der Waals surface area contributed by atoms with Crippen molar-refractivity contribution in [3.63, 3.8) is 0 Å². The first kappa shape index (κ1) is 10.0. The number of fused-ring (bicyclic) bond motifs is 1. The maximum Gasteiger partial charge on any atom is 0.252 e. The topological polar surface area (TPSA) is 60.4 Å². The van der Waals surface area contributed by atoms with E-state index in [1.54, 1.807) is 23.5 Å². The van der Waals surface area contributed by atoms with Crippen LogP contribution in [0.4, 0.5) is 0 Å². The van der Waals surface area contributed by atoms with E-state index in [1.165, 1.54) is 0 Å². The minimum atomic E-state index is -0.460. The highest BCUT2D eigenvalue weighted by Crippen LogP contribution is 2.22. The van der Waals surface area contributed by atoms with E-state index >= 15 is 0 Å². The molecule has 3 heterocycles. The lowest BCUT2D eigenvalue weighted by Crippen LogP contribution is -2.12. The molecule has 0 saturated carbocycles. The standard InChI is InChI=1S/C12H9N3OS/c13-11(16)9-2-1-4-15-6-10(14-12(9)15)8-3-5-17-7-8/h1-7H,(H2,13,16). The van der Waals surface area contributed by atoms with E-state index in [2.05, 4.69) is 4.98 Å². The van der Waals surface area contributed by atoms with Gasteiger partial charge in [0.05, 0.1) is 11.3 Å². The molecule has 17 heavy (non-hydrogen) atoms. The Labute approximate surface area is 101 Å². The van der Waals surface area contributed by atoms with Crippen molar-refractivity contribution >= 4 is 22.9 Å². The second-order valence-corrected chi connectivity index (χ2v) is 4.44. The van der Waals surface area contributed by atoms with Gasteiger partial charge in [-0.15, -0.1) is 0 Å². The lowest BCUT2D eigenvalue weighted by atomic mass is 10.2. The van der Waals surface area contributed by atoms with Crippen molar-refractivity contribution in [1.29, 1.82) is 0 Å². The van der Waals surface area contributed by atoms with Gasteiger partial charge in [-0.3, -0.25) is 4.79 Å². The number of carbonyl (C=O) groups excluding carboxylic acids is 1. The third-order valence-corrected chi connectivity index (χ3v) is 3.25. The van der Waals surface area contributed by atoms with Gasteiger partial charge in [-0.1, -0.05) is 0 Å². The third-order valence-electron chi connectivity index (χ3n) is 2.57. The normalized spacial score (nSPS) is 10.8. The van der Waals surface area contributed by atoms with Crippen molar-refractivity contribution in [2.45, 2.75) is 0 Å². The second-order valence-electron chi connectivity index (χ2n) is 3.66. The van der Waals surface area contributed by atoms with E-state index < -0.39 is 5.91 Å².